The highest BCUT2D eigenvalue weighted by atomic mass is 16.5. The van der Waals surface area contributed by atoms with Gasteiger partial charge in [-0.25, -0.2) is 9.59 Å². The van der Waals surface area contributed by atoms with E-state index in [1.165, 1.54) is 0 Å². The zero-order chi connectivity index (χ0) is 14.8. The Morgan fingerprint density at radius 1 is 0.850 bits per heavy atom. The van der Waals surface area contributed by atoms with Gasteiger partial charge in [-0.3, -0.25) is 0 Å². The molecule has 0 aliphatic rings. The van der Waals surface area contributed by atoms with Crippen LogP contribution in [0.3, 0.4) is 0 Å². The Morgan fingerprint density at radius 2 is 1.40 bits per heavy atom. The van der Waals surface area contributed by atoms with Crippen molar-refractivity contribution >= 4 is 11.9 Å². The van der Waals surface area contributed by atoms with E-state index in [0.717, 1.165) is 25.7 Å². The monoisotopic (exact) mass is 278 g/mol. The van der Waals surface area contributed by atoms with Crippen LogP contribution in [0.2, 0.25) is 0 Å². The molecule has 0 saturated heterocycles. The summed E-state index contributed by atoms with van der Waals surface area (Å²) in [6.45, 7) is 4.66. The summed E-state index contributed by atoms with van der Waals surface area (Å²) in [6, 6.07) is 6.32. The van der Waals surface area contributed by atoms with Crippen molar-refractivity contribution in [2.45, 2.75) is 39.5 Å². The first-order valence-corrected chi connectivity index (χ1v) is 7.13. The molecule has 4 nitrogen and oxygen atoms in total. The lowest BCUT2D eigenvalue weighted by atomic mass is 10.1. The van der Waals surface area contributed by atoms with E-state index in [4.69, 9.17) is 9.47 Å². The molecule has 20 heavy (non-hydrogen) atoms. The van der Waals surface area contributed by atoms with Crippen LogP contribution in [0.4, 0.5) is 0 Å². The Morgan fingerprint density at radius 3 is 1.90 bits per heavy atom. The minimum absolute atomic E-state index is 0.334. The normalized spacial score (nSPS) is 10.1. The zero-order valence-corrected chi connectivity index (χ0v) is 12.2. The Balaban J connectivity index is 2.43. The van der Waals surface area contributed by atoms with Crippen LogP contribution < -0.4 is 0 Å². The van der Waals surface area contributed by atoms with Crippen LogP contribution in [0.1, 0.15) is 60.2 Å². The van der Waals surface area contributed by atoms with Crippen molar-refractivity contribution < 1.29 is 19.1 Å². The maximum atomic E-state index is 11.7. The second kappa shape index (κ2) is 9.13. The molecular formula is C16H22O4. The van der Waals surface area contributed by atoms with Gasteiger partial charge in [-0.05, 0) is 37.6 Å². The smallest absolute Gasteiger partial charge is 0.338 e. The van der Waals surface area contributed by atoms with Gasteiger partial charge in [0.2, 0.25) is 0 Å². The SMILES string of the molecule is CCCCCCOC(=O)c1ccc(C(=O)OCC)cc1. The second-order valence-electron chi connectivity index (χ2n) is 4.49. The van der Waals surface area contributed by atoms with Crippen LogP contribution >= 0.6 is 0 Å². The first-order valence-electron chi connectivity index (χ1n) is 7.13. The number of ether oxygens (including phenoxy) is 2. The van der Waals surface area contributed by atoms with Gasteiger partial charge in [0.25, 0.3) is 0 Å². The van der Waals surface area contributed by atoms with Gasteiger partial charge in [-0.15, -0.1) is 0 Å². The third kappa shape index (κ3) is 5.43. The fraction of sp³-hybridized carbons (Fsp3) is 0.500. The van der Waals surface area contributed by atoms with Crippen LogP contribution in [-0.2, 0) is 9.47 Å². The number of benzene rings is 1. The van der Waals surface area contributed by atoms with Crippen molar-refractivity contribution in [1.82, 2.24) is 0 Å². The molecule has 110 valence electrons. The quantitative estimate of drug-likeness (QED) is 0.538. The number of rotatable bonds is 8. The van der Waals surface area contributed by atoms with Crippen LogP contribution in [0.5, 0.6) is 0 Å². The van der Waals surface area contributed by atoms with Crippen molar-refractivity contribution in [3.8, 4) is 0 Å². The third-order valence-corrected chi connectivity index (χ3v) is 2.86. The van der Waals surface area contributed by atoms with Gasteiger partial charge in [0.15, 0.2) is 0 Å². The van der Waals surface area contributed by atoms with Crippen molar-refractivity contribution in [2.24, 2.45) is 0 Å². The minimum atomic E-state index is -0.382. The summed E-state index contributed by atoms with van der Waals surface area (Å²) in [5, 5.41) is 0. The molecule has 0 amide bonds. The molecular weight excluding hydrogens is 256 g/mol. The molecule has 0 N–H and O–H groups in total. The molecule has 0 saturated carbocycles. The lowest BCUT2D eigenvalue weighted by molar-refractivity contribution is 0.0491. The first-order chi connectivity index (χ1) is 9.69. The van der Waals surface area contributed by atoms with Gasteiger partial charge in [-0.1, -0.05) is 26.2 Å². The summed E-state index contributed by atoms with van der Waals surface area (Å²) in [5.74, 6) is -0.733. The minimum Gasteiger partial charge on any atom is -0.462 e. The van der Waals surface area contributed by atoms with E-state index < -0.39 is 0 Å². The summed E-state index contributed by atoms with van der Waals surface area (Å²) in [4.78, 5) is 23.2. The van der Waals surface area contributed by atoms with E-state index in [1.807, 2.05) is 0 Å². The number of esters is 2. The van der Waals surface area contributed by atoms with Gasteiger partial charge in [0.1, 0.15) is 0 Å². The molecule has 0 atom stereocenters. The highest BCUT2D eigenvalue weighted by Crippen LogP contribution is 2.08. The maximum Gasteiger partial charge on any atom is 0.338 e. The molecule has 0 aromatic heterocycles. The van der Waals surface area contributed by atoms with E-state index in [2.05, 4.69) is 6.92 Å². The molecule has 1 aromatic carbocycles. The molecule has 0 aliphatic carbocycles. The lowest BCUT2D eigenvalue weighted by Crippen LogP contribution is -2.08. The number of carbonyl (C=O) groups excluding carboxylic acids is 2. The lowest BCUT2D eigenvalue weighted by Gasteiger charge is -2.05. The fourth-order valence-electron chi connectivity index (χ4n) is 1.73. The number of unbranched alkanes of at least 4 members (excludes halogenated alkanes) is 3. The van der Waals surface area contributed by atoms with Gasteiger partial charge in [0, 0.05) is 0 Å². The Hall–Kier alpha value is -1.84. The van der Waals surface area contributed by atoms with Crippen LogP contribution in [-0.4, -0.2) is 25.2 Å². The highest BCUT2D eigenvalue weighted by molar-refractivity contribution is 5.93. The van der Waals surface area contributed by atoms with Gasteiger partial charge < -0.3 is 9.47 Å². The van der Waals surface area contributed by atoms with Crippen molar-refractivity contribution in [3.63, 3.8) is 0 Å². The molecule has 0 heterocycles. The molecule has 0 bridgehead atoms. The second-order valence-corrected chi connectivity index (χ2v) is 4.49. The molecule has 0 radical (unpaired) electrons. The zero-order valence-electron chi connectivity index (χ0n) is 12.2. The van der Waals surface area contributed by atoms with E-state index in [1.54, 1.807) is 31.2 Å². The molecule has 0 aliphatic heterocycles. The van der Waals surface area contributed by atoms with Gasteiger partial charge in [-0.2, -0.15) is 0 Å². The van der Waals surface area contributed by atoms with Crippen LogP contribution in [0.15, 0.2) is 24.3 Å². The van der Waals surface area contributed by atoms with Crippen LogP contribution in [0, 0.1) is 0 Å². The van der Waals surface area contributed by atoms with E-state index in [9.17, 15) is 9.59 Å². The molecule has 1 aromatic rings. The highest BCUT2D eigenvalue weighted by Gasteiger charge is 2.10. The summed E-state index contributed by atoms with van der Waals surface area (Å²) in [7, 11) is 0. The third-order valence-electron chi connectivity index (χ3n) is 2.86. The maximum absolute atomic E-state index is 11.7. The summed E-state index contributed by atoms with van der Waals surface area (Å²) < 4.78 is 10.0. The largest absolute Gasteiger partial charge is 0.462 e. The predicted molar refractivity (Wildman–Crippen MR) is 76.8 cm³/mol. The van der Waals surface area contributed by atoms with Crippen LogP contribution in [0.25, 0.3) is 0 Å². The Labute approximate surface area is 120 Å². The molecule has 1 rings (SSSR count). The van der Waals surface area contributed by atoms with Crippen molar-refractivity contribution in [3.05, 3.63) is 35.4 Å². The Kier molecular flexibility index (Phi) is 7.40. The Bertz CT molecular complexity index is 423. The van der Waals surface area contributed by atoms with E-state index in [0.29, 0.717) is 24.3 Å². The van der Waals surface area contributed by atoms with E-state index >= 15 is 0 Å². The predicted octanol–water partition coefficient (Wildman–Crippen LogP) is 3.60. The summed E-state index contributed by atoms with van der Waals surface area (Å²) >= 11 is 0. The fourth-order valence-corrected chi connectivity index (χ4v) is 1.73. The number of hydrogen-bond acceptors (Lipinski definition) is 4. The standard InChI is InChI=1S/C16H22O4/c1-3-5-6-7-12-20-16(18)14-10-8-13(9-11-14)15(17)19-4-2/h8-11H,3-7,12H2,1-2H3. The van der Waals surface area contributed by atoms with Crippen molar-refractivity contribution in [1.29, 1.82) is 0 Å². The molecule has 0 spiro atoms. The average Bonchev–Trinajstić information content (AvgIpc) is 2.47. The van der Waals surface area contributed by atoms with E-state index in [-0.39, 0.29) is 11.9 Å². The summed E-state index contributed by atoms with van der Waals surface area (Å²) in [5.41, 5.74) is 0.889. The van der Waals surface area contributed by atoms with Gasteiger partial charge in [0.05, 0.1) is 24.3 Å². The topological polar surface area (TPSA) is 52.6 Å². The average molecular weight is 278 g/mol. The number of hydrogen-bond donors (Lipinski definition) is 0. The summed E-state index contributed by atoms with van der Waals surface area (Å²) in [6.07, 6.45) is 4.28. The molecule has 0 unspecified atom stereocenters. The number of carbonyl (C=O) groups is 2. The first kappa shape index (κ1) is 16.2. The van der Waals surface area contributed by atoms with Gasteiger partial charge >= 0.3 is 11.9 Å². The molecule has 0 fully saturated rings. The van der Waals surface area contributed by atoms with Crippen molar-refractivity contribution in [2.75, 3.05) is 13.2 Å². The molecule has 4 heteroatoms.